The van der Waals surface area contributed by atoms with E-state index in [1.54, 1.807) is 11.8 Å². The van der Waals surface area contributed by atoms with E-state index in [0.717, 1.165) is 44.5 Å². The van der Waals surface area contributed by atoms with Crippen LogP contribution in [0.15, 0.2) is 30.3 Å². The van der Waals surface area contributed by atoms with Crippen LogP contribution in [0.3, 0.4) is 0 Å². The van der Waals surface area contributed by atoms with E-state index in [0.29, 0.717) is 18.7 Å². The summed E-state index contributed by atoms with van der Waals surface area (Å²) in [4.78, 5) is 27.0. The Morgan fingerprint density at radius 1 is 1.06 bits per heavy atom. The monoisotopic (exact) mass is 448 g/mol. The second-order valence-corrected chi connectivity index (χ2v) is 9.95. The van der Waals surface area contributed by atoms with E-state index in [2.05, 4.69) is 17.6 Å². The molecule has 0 spiro atoms. The Balaban J connectivity index is 2.18. The van der Waals surface area contributed by atoms with E-state index in [1.807, 2.05) is 58.9 Å². The molecular weight excluding hydrogens is 416 g/mol. The number of hydrogen-bond acceptors (Lipinski definition) is 3. The Kier molecular flexibility index (Phi) is 5.61. The van der Waals surface area contributed by atoms with Gasteiger partial charge in [0.15, 0.2) is 6.10 Å². The molecule has 6 nitrogen and oxygen atoms in total. The Hall–Kier alpha value is -3.12. The largest absolute Gasteiger partial charge is 0.479 e. The van der Waals surface area contributed by atoms with Crippen LogP contribution in [-0.2, 0) is 20.9 Å². The minimum absolute atomic E-state index is 0.0536. The SMILES string of the molecule is CC(=O)N1CCn2c(C)cc3c(-c4ccc(C)cc4)c([C@H](OC(C)(C)C)C(=O)O)c(C)c1c32. The average molecular weight is 449 g/mol. The van der Waals surface area contributed by atoms with Crippen LogP contribution in [0.4, 0.5) is 5.69 Å². The van der Waals surface area contributed by atoms with Gasteiger partial charge in [0.05, 0.1) is 16.8 Å². The number of hydrogen-bond donors (Lipinski definition) is 1. The summed E-state index contributed by atoms with van der Waals surface area (Å²) in [7, 11) is 0. The normalized spacial score (nSPS) is 14.6. The number of benzene rings is 2. The number of carboxylic acids is 1. The van der Waals surface area contributed by atoms with Gasteiger partial charge in [-0.15, -0.1) is 0 Å². The van der Waals surface area contributed by atoms with Gasteiger partial charge in [-0.1, -0.05) is 29.8 Å². The third kappa shape index (κ3) is 3.93. The zero-order valence-electron chi connectivity index (χ0n) is 20.4. The fourth-order valence-electron chi connectivity index (χ4n) is 4.95. The smallest absolute Gasteiger partial charge is 0.337 e. The molecule has 1 N–H and O–H groups in total. The number of carbonyl (C=O) groups excluding carboxylic acids is 1. The van der Waals surface area contributed by atoms with Crippen LogP contribution in [0.25, 0.3) is 22.0 Å². The summed E-state index contributed by atoms with van der Waals surface area (Å²) in [6, 6.07) is 10.2. The minimum Gasteiger partial charge on any atom is -0.479 e. The molecule has 0 fully saturated rings. The minimum atomic E-state index is -1.18. The molecule has 1 aromatic heterocycles. The maximum atomic E-state index is 12.6. The summed E-state index contributed by atoms with van der Waals surface area (Å²) in [5, 5.41) is 11.2. The third-order valence-electron chi connectivity index (χ3n) is 6.32. The van der Waals surface area contributed by atoms with E-state index in [9.17, 15) is 14.7 Å². The van der Waals surface area contributed by atoms with Crippen molar-refractivity contribution in [3.8, 4) is 11.1 Å². The highest BCUT2D eigenvalue weighted by Gasteiger charge is 2.36. The fraction of sp³-hybridized carbons (Fsp3) is 0.407. The van der Waals surface area contributed by atoms with E-state index in [1.165, 1.54) is 0 Å². The van der Waals surface area contributed by atoms with Gasteiger partial charge in [-0.3, -0.25) is 4.79 Å². The molecule has 6 heteroatoms. The molecule has 0 saturated carbocycles. The molecule has 1 aliphatic heterocycles. The van der Waals surface area contributed by atoms with Crippen molar-refractivity contribution in [3.63, 3.8) is 0 Å². The predicted molar refractivity (Wildman–Crippen MR) is 131 cm³/mol. The fourth-order valence-corrected chi connectivity index (χ4v) is 4.95. The maximum Gasteiger partial charge on any atom is 0.337 e. The quantitative estimate of drug-likeness (QED) is 0.569. The molecule has 174 valence electrons. The Morgan fingerprint density at radius 3 is 2.24 bits per heavy atom. The first-order valence-electron chi connectivity index (χ1n) is 11.3. The first-order chi connectivity index (χ1) is 15.4. The van der Waals surface area contributed by atoms with Crippen LogP contribution in [0.5, 0.6) is 0 Å². The van der Waals surface area contributed by atoms with E-state index >= 15 is 0 Å². The first kappa shape index (κ1) is 23.1. The van der Waals surface area contributed by atoms with E-state index < -0.39 is 17.7 Å². The summed E-state index contributed by atoms with van der Waals surface area (Å²) >= 11 is 0. The van der Waals surface area contributed by atoms with Crippen LogP contribution >= 0.6 is 0 Å². The topological polar surface area (TPSA) is 71.8 Å². The van der Waals surface area contributed by atoms with Crippen molar-refractivity contribution in [2.24, 2.45) is 0 Å². The number of aromatic nitrogens is 1. The number of amides is 1. The molecule has 2 heterocycles. The number of anilines is 1. The predicted octanol–water partition coefficient (Wildman–Crippen LogP) is 5.54. The third-order valence-corrected chi connectivity index (χ3v) is 6.32. The van der Waals surface area contributed by atoms with Crippen LogP contribution in [0, 0.1) is 20.8 Å². The lowest BCUT2D eigenvalue weighted by Gasteiger charge is -2.34. The molecule has 2 aromatic carbocycles. The number of rotatable bonds is 4. The number of carbonyl (C=O) groups is 2. The molecular formula is C27H32N2O4. The van der Waals surface area contributed by atoms with Gasteiger partial charge in [0.25, 0.3) is 0 Å². The van der Waals surface area contributed by atoms with E-state index in [4.69, 9.17) is 4.74 Å². The van der Waals surface area contributed by atoms with Gasteiger partial charge < -0.3 is 19.3 Å². The first-order valence-corrected chi connectivity index (χ1v) is 11.3. The zero-order chi connectivity index (χ0) is 24.2. The van der Waals surface area contributed by atoms with Gasteiger partial charge >= 0.3 is 5.97 Å². The molecule has 0 aliphatic carbocycles. The molecule has 1 aliphatic rings. The number of carboxylic acid groups (broad SMARTS) is 1. The summed E-state index contributed by atoms with van der Waals surface area (Å²) in [5.74, 6) is -1.10. The zero-order valence-corrected chi connectivity index (χ0v) is 20.4. The summed E-state index contributed by atoms with van der Waals surface area (Å²) in [6.45, 7) is 14.4. The summed E-state index contributed by atoms with van der Waals surface area (Å²) in [5.41, 5.74) is 6.47. The van der Waals surface area contributed by atoms with Crippen LogP contribution in [0.1, 0.15) is 56.2 Å². The van der Waals surface area contributed by atoms with Crippen molar-refractivity contribution in [1.82, 2.24) is 4.57 Å². The average Bonchev–Trinajstić information content (AvgIpc) is 3.05. The van der Waals surface area contributed by atoms with E-state index in [-0.39, 0.29) is 5.91 Å². The van der Waals surface area contributed by atoms with Gasteiger partial charge in [0, 0.05) is 36.7 Å². The Bertz CT molecular complexity index is 1260. The number of ether oxygens (including phenoxy) is 1. The molecule has 0 unspecified atom stereocenters. The van der Waals surface area contributed by atoms with Crippen molar-refractivity contribution in [2.45, 2.75) is 66.7 Å². The highest BCUT2D eigenvalue weighted by atomic mass is 16.5. The molecule has 4 rings (SSSR count). The Labute approximate surface area is 194 Å². The van der Waals surface area contributed by atoms with Crippen molar-refractivity contribution >= 4 is 28.5 Å². The lowest BCUT2D eigenvalue weighted by atomic mass is 9.87. The second kappa shape index (κ2) is 8.03. The van der Waals surface area contributed by atoms with Crippen LogP contribution in [-0.4, -0.2) is 33.7 Å². The number of aryl methyl sites for hydroxylation is 2. The van der Waals surface area contributed by atoms with Crippen molar-refractivity contribution in [2.75, 3.05) is 11.4 Å². The lowest BCUT2D eigenvalue weighted by Crippen LogP contribution is -2.37. The lowest BCUT2D eigenvalue weighted by molar-refractivity contribution is -0.160. The maximum absolute atomic E-state index is 12.6. The molecule has 33 heavy (non-hydrogen) atoms. The van der Waals surface area contributed by atoms with Gasteiger partial charge in [-0.2, -0.15) is 0 Å². The molecule has 0 saturated heterocycles. The highest BCUT2D eigenvalue weighted by molar-refractivity contribution is 6.11. The summed E-state index contributed by atoms with van der Waals surface area (Å²) < 4.78 is 8.38. The number of aliphatic carboxylic acids is 1. The van der Waals surface area contributed by atoms with Crippen molar-refractivity contribution in [3.05, 3.63) is 52.7 Å². The van der Waals surface area contributed by atoms with Crippen molar-refractivity contribution < 1.29 is 19.4 Å². The van der Waals surface area contributed by atoms with Crippen LogP contribution < -0.4 is 4.90 Å². The Morgan fingerprint density at radius 2 is 1.70 bits per heavy atom. The molecule has 0 radical (unpaired) electrons. The number of nitrogens with zero attached hydrogens (tertiary/aromatic N) is 2. The summed E-state index contributed by atoms with van der Waals surface area (Å²) in [6.07, 6.45) is -1.18. The van der Waals surface area contributed by atoms with Crippen LogP contribution in [0.2, 0.25) is 0 Å². The second-order valence-electron chi connectivity index (χ2n) is 9.95. The molecule has 1 atom stereocenters. The van der Waals surface area contributed by atoms with Gasteiger partial charge in [-0.05, 0) is 64.3 Å². The molecule has 1 amide bonds. The van der Waals surface area contributed by atoms with Gasteiger partial charge in [0.1, 0.15) is 0 Å². The highest BCUT2D eigenvalue weighted by Crippen LogP contribution is 2.47. The van der Waals surface area contributed by atoms with Gasteiger partial charge in [-0.25, -0.2) is 4.79 Å². The molecule has 3 aromatic rings. The molecule has 0 bridgehead atoms. The van der Waals surface area contributed by atoms with Crippen molar-refractivity contribution in [1.29, 1.82) is 0 Å². The van der Waals surface area contributed by atoms with Gasteiger partial charge in [0.2, 0.25) is 5.91 Å². The standard InChI is InChI=1S/C27H32N2O4/c1-15-8-10-19(11-9-15)22-20-14-16(2)28-12-13-29(18(4)30)23(24(20)28)17(3)21(22)25(26(31)32)33-27(5,6)7/h8-11,14,25H,12-13H2,1-7H3,(H,31,32)/t25-/m0/s1.